The van der Waals surface area contributed by atoms with Crippen LogP contribution in [0.15, 0.2) is 54.6 Å². The van der Waals surface area contributed by atoms with Gasteiger partial charge in [0.1, 0.15) is 5.82 Å². The average Bonchev–Trinajstić information content (AvgIpc) is 2.49. The van der Waals surface area contributed by atoms with Crippen LogP contribution in [0.4, 0.5) is 10.1 Å². The lowest BCUT2D eigenvalue weighted by Crippen LogP contribution is -2.34. The molecule has 0 spiro atoms. The summed E-state index contributed by atoms with van der Waals surface area (Å²) in [5, 5.41) is 0. The van der Waals surface area contributed by atoms with E-state index in [-0.39, 0.29) is 11.7 Å². The van der Waals surface area contributed by atoms with Crippen molar-refractivity contribution in [3.8, 4) is 0 Å². The number of nitrogens with zero attached hydrogens (tertiary/aromatic N) is 1. The zero-order valence-corrected chi connectivity index (χ0v) is 11.8. The third-order valence-corrected chi connectivity index (χ3v) is 3.20. The SMILES string of the molecule is NCCCN(C(=O)Cc1ccccc1)c1cccc(F)c1. The van der Waals surface area contributed by atoms with Crippen LogP contribution in [0.1, 0.15) is 12.0 Å². The van der Waals surface area contributed by atoms with Crippen molar-refractivity contribution >= 4 is 11.6 Å². The number of carbonyl (C=O) groups is 1. The third kappa shape index (κ3) is 4.39. The van der Waals surface area contributed by atoms with Crippen LogP contribution in [0, 0.1) is 5.82 Å². The summed E-state index contributed by atoms with van der Waals surface area (Å²) < 4.78 is 13.4. The van der Waals surface area contributed by atoms with Gasteiger partial charge in [-0.15, -0.1) is 0 Å². The van der Waals surface area contributed by atoms with E-state index in [1.54, 1.807) is 17.0 Å². The molecule has 0 saturated heterocycles. The molecule has 0 aliphatic carbocycles. The Hall–Kier alpha value is -2.20. The number of hydrogen-bond donors (Lipinski definition) is 1. The normalized spacial score (nSPS) is 10.4. The second kappa shape index (κ2) is 7.55. The molecule has 1 amide bonds. The molecule has 2 rings (SSSR count). The van der Waals surface area contributed by atoms with Gasteiger partial charge in [0.2, 0.25) is 5.91 Å². The second-order valence-electron chi connectivity index (χ2n) is 4.83. The molecule has 4 heteroatoms. The maximum absolute atomic E-state index is 13.4. The number of anilines is 1. The van der Waals surface area contributed by atoms with E-state index in [1.807, 2.05) is 30.3 Å². The molecule has 0 aliphatic heterocycles. The van der Waals surface area contributed by atoms with Crippen molar-refractivity contribution < 1.29 is 9.18 Å². The molecule has 0 aromatic heterocycles. The number of carbonyl (C=O) groups excluding carboxylic acids is 1. The fourth-order valence-electron chi connectivity index (χ4n) is 2.16. The van der Waals surface area contributed by atoms with E-state index < -0.39 is 0 Å². The predicted molar refractivity (Wildman–Crippen MR) is 82.6 cm³/mol. The van der Waals surface area contributed by atoms with Crippen LogP contribution in [0.3, 0.4) is 0 Å². The van der Waals surface area contributed by atoms with Gasteiger partial charge >= 0.3 is 0 Å². The van der Waals surface area contributed by atoms with Crippen molar-refractivity contribution in [2.24, 2.45) is 5.73 Å². The Morgan fingerprint density at radius 2 is 1.86 bits per heavy atom. The zero-order valence-electron chi connectivity index (χ0n) is 11.8. The van der Waals surface area contributed by atoms with Gasteiger partial charge in [0.25, 0.3) is 0 Å². The summed E-state index contributed by atoms with van der Waals surface area (Å²) in [7, 11) is 0. The van der Waals surface area contributed by atoms with E-state index in [1.165, 1.54) is 12.1 Å². The Labute approximate surface area is 124 Å². The molecular formula is C17H19FN2O. The molecule has 3 nitrogen and oxygen atoms in total. The second-order valence-corrected chi connectivity index (χ2v) is 4.83. The van der Waals surface area contributed by atoms with Gasteiger partial charge in [0, 0.05) is 12.2 Å². The van der Waals surface area contributed by atoms with Gasteiger partial charge in [-0.1, -0.05) is 36.4 Å². The van der Waals surface area contributed by atoms with Crippen molar-refractivity contribution in [2.75, 3.05) is 18.0 Å². The summed E-state index contributed by atoms with van der Waals surface area (Å²) >= 11 is 0. The highest BCUT2D eigenvalue weighted by Crippen LogP contribution is 2.17. The van der Waals surface area contributed by atoms with Crippen LogP contribution >= 0.6 is 0 Å². The monoisotopic (exact) mass is 286 g/mol. The molecule has 0 radical (unpaired) electrons. The minimum Gasteiger partial charge on any atom is -0.330 e. The van der Waals surface area contributed by atoms with Crippen LogP contribution in [0.5, 0.6) is 0 Å². The summed E-state index contributed by atoms with van der Waals surface area (Å²) in [6, 6.07) is 15.6. The van der Waals surface area contributed by atoms with Crippen molar-refractivity contribution in [2.45, 2.75) is 12.8 Å². The summed E-state index contributed by atoms with van der Waals surface area (Å²) in [6.07, 6.45) is 0.971. The van der Waals surface area contributed by atoms with Gasteiger partial charge in [0.05, 0.1) is 6.42 Å². The third-order valence-electron chi connectivity index (χ3n) is 3.20. The largest absolute Gasteiger partial charge is 0.330 e. The summed E-state index contributed by atoms with van der Waals surface area (Å²) in [6.45, 7) is 0.982. The van der Waals surface area contributed by atoms with Crippen molar-refractivity contribution in [1.29, 1.82) is 0 Å². The van der Waals surface area contributed by atoms with E-state index in [4.69, 9.17) is 5.73 Å². The number of hydrogen-bond acceptors (Lipinski definition) is 2. The summed E-state index contributed by atoms with van der Waals surface area (Å²) in [5.41, 5.74) is 7.04. The predicted octanol–water partition coefficient (Wildman–Crippen LogP) is 2.75. The molecule has 0 bridgehead atoms. The Balaban J connectivity index is 2.17. The summed E-state index contributed by atoms with van der Waals surface area (Å²) in [5.74, 6) is -0.405. The molecule has 2 aromatic rings. The Morgan fingerprint density at radius 1 is 1.10 bits per heavy atom. The topological polar surface area (TPSA) is 46.3 Å². The number of benzene rings is 2. The van der Waals surface area contributed by atoms with Gasteiger partial charge in [-0.3, -0.25) is 4.79 Å². The van der Waals surface area contributed by atoms with Crippen LogP contribution in [0.25, 0.3) is 0 Å². The highest BCUT2D eigenvalue weighted by atomic mass is 19.1. The highest BCUT2D eigenvalue weighted by molar-refractivity contribution is 5.94. The maximum atomic E-state index is 13.4. The molecule has 0 saturated carbocycles. The minimum atomic E-state index is -0.349. The standard InChI is InChI=1S/C17H19FN2O/c18-15-8-4-9-16(13-15)20(11-5-10-19)17(21)12-14-6-2-1-3-7-14/h1-4,6-9,13H,5,10-12,19H2. The first-order valence-corrected chi connectivity index (χ1v) is 7.00. The Morgan fingerprint density at radius 3 is 2.52 bits per heavy atom. The molecule has 0 unspecified atom stereocenters. The van der Waals surface area contributed by atoms with Crippen molar-refractivity contribution in [3.63, 3.8) is 0 Å². The average molecular weight is 286 g/mol. The number of halogens is 1. The smallest absolute Gasteiger partial charge is 0.231 e. The van der Waals surface area contributed by atoms with E-state index in [9.17, 15) is 9.18 Å². The molecule has 0 aliphatic rings. The van der Waals surface area contributed by atoms with E-state index >= 15 is 0 Å². The molecule has 0 atom stereocenters. The van der Waals surface area contributed by atoms with E-state index in [0.29, 0.717) is 31.6 Å². The first kappa shape index (κ1) is 15.2. The molecule has 0 heterocycles. The van der Waals surface area contributed by atoms with Crippen LogP contribution in [-0.4, -0.2) is 19.0 Å². The molecule has 21 heavy (non-hydrogen) atoms. The molecule has 2 N–H and O–H groups in total. The number of amides is 1. The highest BCUT2D eigenvalue weighted by Gasteiger charge is 2.16. The lowest BCUT2D eigenvalue weighted by atomic mass is 10.1. The first-order chi connectivity index (χ1) is 10.2. The quantitative estimate of drug-likeness (QED) is 0.887. The van der Waals surface area contributed by atoms with Crippen LogP contribution < -0.4 is 10.6 Å². The summed E-state index contributed by atoms with van der Waals surface area (Å²) in [4.78, 5) is 14.1. The van der Waals surface area contributed by atoms with Gasteiger partial charge < -0.3 is 10.6 Å². The van der Waals surface area contributed by atoms with Gasteiger partial charge in [0.15, 0.2) is 0 Å². The fourth-order valence-corrected chi connectivity index (χ4v) is 2.16. The zero-order chi connectivity index (χ0) is 15.1. The molecular weight excluding hydrogens is 267 g/mol. The lowest BCUT2D eigenvalue weighted by Gasteiger charge is -2.23. The first-order valence-electron chi connectivity index (χ1n) is 7.00. The fraction of sp³-hybridized carbons (Fsp3) is 0.235. The van der Waals surface area contributed by atoms with Crippen LogP contribution in [0.2, 0.25) is 0 Å². The number of nitrogens with two attached hydrogens (primary N) is 1. The molecule has 0 fully saturated rings. The molecule has 2 aromatic carbocycles. The van der Waals surface area contributed by atoms with Gasteiger partial charge in [-0.05, 0) is 36.7 Å². The van der Waals surface area contributed by atoms with Gasteiger partial charge in [-0.25, -0.2) is 4.39 Å². The van der Waals surface area contributed by atoms with Crippen LogP contribution in [-0.2, 0) is 11.2 Å². The minimum absolute atomic E-state index is 0.0553. The van der Waals surface area contributed by atoms with E-state index in [2.05, 4.69) is 0 Å². The van der Waals surface area contributed by atoms with Crippen molar-refractivity contribution in [3.05, 3.63) is 66.0 Å². The number of rotatable bonds is 6. The van der Waals surface area contributed by atoms with Gasteiger partial charge in [-0.2, -0.15) is 0 Å². The Kier molecular flexibility index (Phi) is 5.46. The maximum Gasteiger partial charge on any atom is 0.231 e. The lowest BCUT2D eigenvalue weighted by molar-refractivity contribution is -0.118. The van der Waals surface area contributed by atoms with Crippen molar-refractivity contribution in [1.82, 2.24) is 0 Å². The molecule has 110 valence electrons. The van der Waals surface area contributed by atoms with E-state index in [0.717, 1.165) is 5.56 Å². The Bertz CT molecular complexity index is 586.